The van der Waals surface area contributed by atoms with Gasteiger partial charge in [0.25, 0.3) is 0 Å². The van der Waals surface area contributed by atoms with Gasteiger partial charge in [-0.1, -0.05) is 70.4 Å². The van der Waals surface area contributed by atoms with Gasteiger partial charge in [0.1, 0.15) is 0 Å². The largest absolute Gasteiger partial charge is 0.471 e. The van der Waals surface area contributed by atoms with Crippen LogP contribution in [0.1, 0.15) is 83.6 Å². The van der Waals surface area contributed by atoms with Crippen LogP contribution in [0.2, 0.25) is 0 Å². The number of rotatable bonds is 13. The van der Waals surface area contributed by atoms with Crippen LogP contribution < -0.4 is 10.7 Å². The van der Waals surface area contributed by atoms with Crippen LogP contribution in [0.15, 0.2) is 29.4 Å². The van der Waals surface area contributed by atoms with E-state index < -0.39 is 12.1 Å². The van der Waals surface area contributed by atoms with E-state index in [1.165, 1.54) is 56.7 Å². The van der Waals surface area contributed by atoms with Crippen LogP contribution in [0, 0.1) is 0 Å². The summed E-state index contributed by atoms with van der Waals surface area (Å²) in [4.78, 5) is 22.9. The van der Waals surface area contributed by atoms with Gasteiger partial charge in [0.2, 0.25) is 5.91 Å². The van der Waals surface area contributed by atoms with E-state index in [4.69, 9.17) is 0 Å². The third-order valence-electron chi connectivity index (χ3n) is 4.65. The van der Waals surface area contributed by atoms with E-state index in [-0.39, 0.29) is 11.6 Å². The Labute approximate surface area is 176 Å². The molecule has 0 aliphatic carbocycles. The maximum absolute atomic E-state index is 12.4. The minimum Gasteiger partial charge on any atom is -0.318 e. The van der Waals surface area contributed by atoms with Crippen molar-refractivity contribution in [1.82, 2.24) is 5.43 Å². The highest BCUT2D eigenvalue weighted by atomic mass is 19.4. The molecule has 0 saturated carbocycles. The molecule has 0 atom stereocenters. The van der Waals surface area contributed by atoms with Gasteiger partial charge in [-0.3, -0.25) is 9.59 Å². The Kier molecular flexibility index (Phi) is 11.8. The van der Waals surface area contributed by atoms with Crippen LogP contribution in [0.4, 0.5) is 18.9 Å². The molecule has 2 amide bonds. The van der Waals surface area contributed by atoms with E-state index in [2.05, 4.69) is 17.5 Å². The first-order chi connectivity index (χ1) is 14.2. The van der Waals surface area contributed by atoms with Crippen molar-refractivity contribution >= 4 is 23.2 Å². The predicted molar refractivity (Wildman–Crippen MR) is 113 cm³/mol. The van der Waals surface area contributed by atoms with Crippen LogP contribution in [0.25, 0.3) is 0 Å². The smallest absolute Gasteiger partial charge is 0.318 e. The second kappa shape index (κ2) is 13.8. The number of hydrogen-bond acceptors (Lipinski definition) is 3. The Hall–Kier alpha value is -2.38. The first kappa shape index (κ1) is 25.7. The minimum atomic E-state index is -4.96. The summed E-state index contributed by atoms with van der Waals surface area (Å²) in [7, 11) is 0. The second-order valence-corrected chi connectivity index (χ2v) is 7.34. The fraction of sp³-hybridized carbons (Fsp3) is 0.591. The molecular weight excluding hydrogens is 395 g/mol. The molecule has 0 aliphatic heterocycles. The summed E-state index contributed by atoms with van der Waals surface area (Å²) in [5, 5.41) is 5.80. The summed E-state index contributed by atoms with van der Waals surface area (Å²) in [6.45, 7) is 3.83. The van der Waals surface area contributed by atoms with Crippen molar-refractivity contribution in [2.24, 2.45) is 5.10 Å². The van der Waals surface area contributed by atoms with E-state index in [0.717, 1.165) is 19.3 Å². The Bertz CT molecular complexity index is 703. The van der Waals surface area contributed by atoms with Crippen molar-refractivity contribution in [2.75, 3.05) is 5.32 Å². The summed E-state index contributed by atoms with van der Waals surface area (Å²) in [5.74, 6) is -2.23. The molecule has 168 valence electrons. The van der Waals surface area contributed by atoms with Crippen molar-refractivity contribution < 1.29 is 22.8 Å². The molecule has 8 heteroatoms. The lowest BCUT2D eigenvalue weighted by Crippen LogP contribution is -2.29. The number of nitrogens with zero attached hydrogens (tertiary/aromatic N) is 1. The van der Waals surface area contributed by atoms with E-state index in [0.29, 0.717) is 17.7 Å². The highest BCUT2D eigenvalue weighted by Gasteiger charge is 2.38. The Morgan fingerprint density at radius 2 is 1.57 bits per heavy atom. The van der Waals surface area contributed by atoms with Crippen LogP contribution >= 0.6 is 0 Å². The standard InChI is InChI=1S/C22H32F3N3O2/c1-3-4-5-6-7-8-9-10-11-15-20(29)28-27-17(2)18-13-12-14-19(16-18)26-21(30)22(23,24)25/h12-14,16H,3-11,15H2,1-2H3,(H,26,30)(H,28,29)/b27-17-. The molecule has 1 rings (SSSR count). The number of nitrogens with one attached hydrogen (secondary N) is 2. The molecule has 0 spiro atoms. The SMILES string of the molecule is CCCCCCCCCCCC(=O)N/N=C(/C)c1cccc(NC(=O)C(F)(F)F)c1. The maximum atomic E-state index is 12.4. The lowest BCUT2D eigenvalue weighted by Gasteiger charge is -2.09. The van der Waals surface area contributed by atoms with Crippen molar-refractivity contribution in [3.63, 3.8) is 0 Å². The molecule has 2 N–H and O–H groups in total. The van der Waals surface area contributed by atoms with Crippen LogP contribution in [-0.4, -0.2) is 23.7 Å². The monoisotopic (exact) mass is 427 g/mol. The fourth-order valence-corrected chi connectivity index (χ4v) is 2.89. The van der Waals surface area contributed by atoms with Gasteiger partial charge in [-0.15, -0.1) is 0 Å². The molecule has 0 unspecified atom stereocenters. The number of benzene rings is 1. The Morgan fingerprint density at radius 3 is 2.17 bits per heavy atom. The summed E-state index contributed by atoms with van der Waals surface area (Å²) in [6, 6.07) is 5.86. The number of carbonyl (C=O) groups is 2. The first-order valence-corrected chi connectivity index (χ1v) is 10.6. The number of hydrazone groups is 1. The highest BCUT2D eigenvalue weighted by molar-refractivity contribution is 6.01. The van der Waals surface area contributed by atoms with Crippen molar-refractivity contribution in [3.05, 3.63) is 29.8 Å². The van der Waals surface area contributed by atoms with Crippen molar-refractivity contribution in [3.8, 4) is 0 Å². The quantitative estimate of drug-likeness (QED) is 0.232. The van der Waals surface area contributed by atoms with E-state index >= 15 is 0 Å². The van der Waals surface area contributed by atoms with Crippen molar-refractivity contribution in [1.29, 1.82) is 0 Å². The van der Waals surface area contributed by atoms with E-state index in [9.17, 15) is 22.8 Å². The zero-order valence-corrected chi connectivity index (χ0v) is 17.8. The zero-order chi connectivity index (χ0) is 22.4. The third-order valence-corrected chi connectivity index (χ3v) is 4.65. The molecular formula is C22H32F3N3O2. The molecule has 0 aliphatic rings. The maximum Gasteiger partial charge on any atom is 0.471 e. The second-order valence-electron chi connectivity index (χ2n) is 7.34. The Balaban J connectivity index is 2.35. The predicted octanol–water partition coefficient (Wildman–Crippen LogP) is 5.95. The summed E-state index contributed by atoms with van der Waals surface area (Å²) in [6.07, 6.45) is 5.93. The number of anilines is 1. The molecule has 1 aromatic rings. The summed E-state index contributed by atoms with van der Waals surface area (Å²) in [5.41, 5.74) is 3.40. The van der Waals surface area contributed by atoms with Crippen LogP contribution in [0.3, 0.4) is 0 Å². The number of halogens is 3. The number of unbranched alkanes of at least 4 members (excludes halogenated alkanes) is 8. The van der Waals surface area contributed by atoms with Crippen LogP contribution in [-0.2, 0) is 9.59 Å². The van der Waals surface area contributed by atoms with E-state index in [1.54, 1.807) is 18.3 Å². The van der Waals surface area contributed by atoms with Gasteiger partial charge < -0.3 is 5.32 Å². The van der Waals surface area contributed by atoms with Crippen LogP contribution in [0.5, 0.6) is 0 Å². The van der Waals surface area contributed by atoms with Gasteiger partial charge in [-0.2, -0.15) is 18.3 Å². The number of hydrogen-bond donors (Lipinski definition) is 2. The lowest BCUT2D eigenvalue weighted by molar-refractivity contribution is -0.167. The topological polar surface area (TPSA) is 70.6 Å². The summed E-state index contributed by atoms with van der Waals surface area (Å²) >= 11 is 0. The molecule has 0 bridgehead atoms. The third kappa shape index (κ3) is 11.0. The van der Waals surface area contributed by atoms with Gasteiger partial charge in [0, 0.05) is 12.1 Å². The molecule has 30 heavy (non-hydrogen) atoms. The first-order valence-electron chi connectivity index (χ1n) is 10.6. The number of carbonyl (C=O) groups excluding carboxylic acids is 2. The van der Waals surface area contributed by atoms with Gasteiger partial charge in [-0.05, 0) is 31.0 Å². The highest BCUT2D eigenvalue weighted by Crippen LogP contribution is 2.19. The molecule has 0 aromatic heterocycles. The van der Waals surface area contributed by atoms with Gasteiger partial charge in [0.05, 0.1) is 5.71 Å². The molecule has 0 radical (unpaired) electrons. The zero-order valence-electron chi connectivity index (χ0n) is 17.8. The molecule has 0 fully saturated rings. The van der Waals surface area contributed by atoms with Crippen molar-refractivity contribution in [2.45, 2.75) is 84.2 Å². The van der Waals surface area contributed by atoms with Gasteiger partial charge in [0.15, 0.2) is 0 Å². The Morgan fingerprint density at radius 1 is 0.967 bits per heavy atom. The lowest BCUT2D eigenvalue weighted by atomic mass is 10.1. The number of amides is 2. The van der Waals surface area contributed by atoms with Gasteiger partial charge in [-0.25, -0.2) is 5.43 Å². The molecule has 1 aromatic carbocycles. The molecule has 5 nitrogen and oxygen atoms in total. The molecule has 0 heterocycles. The summed E-state index contributed by atoms with van der Waals surface area (Å²) < 4.78 is 37.1. The fourth-order valence-electron chi connectivity index (χ4n) is 2.89. The van der Waals surface area contributed by atoms with E-state index in [1.807, 2.05) is 0 Å². The average Bonchev–Trinajstić information content (AvgIpc) is 2.70. The minimum absolute atomic E-state index is 0.00500. The number of alkyl halides is 3. The van der Waals surface area contributed by atoms with Gasteiger partial charge >= 0.3 is 12.1 Å². The molecule has 0 saturated heterocycles. The average molecular weight is 428 g/mol. The normalized spacial score (nSPS) is 12.0.